The third-order valence-electron chi connectivity index (χ3n) is 10.5. The zero-order valence-corrected chi connectivity index (χ0v) is 33.9. The summed E-state index contributed by atoms with van der Waals surface area (Å²) in [4.78, 5) is 52.1. The van der Waals surface area contributed by atoms with E-state index in [1.165, 1.54) is 0 Å². The topological polar surface area (TPSA) is 143 Å². The van der Waals surface area contributed by atoms with Gasteiger partial charge in [-0.15, -0.1) is 0 Å². The van der Waals surface area contributed by atoms with Crippen molar-refractivity contribution in [2.24, 2.45) is 0 Å². The van der Waals surface area contributed by atoms with Gasteiger partial charge in [0, 0.05) is 18.9 Å². The van der Waals surface area contributed by atoms with E-state index < -0.39 is 41.3 Å². The highest BCUT2D eigenvalue weighted by Gasteiger charge is 2.41. The van der Waals surface area contributed by atoms with Crippen LogP contribution in [0, 0.1) is 0 Å². The summed E-state index contributed by atoms with van der Waals surface area (Å²) in [7, 11) is 0. The number of fused-ring (bicyclic) bond motifs is 3. The summed E-state index contributed by atoms with van der Waals surface area (Å²) >= 11 is 0. The largest absolute Gasteiger partial charge is 0.480 e. The number of esters is 1. The van der Waals surface area contributed by atoms with Crippen LogP contribution in [0.25, 0.3) is 11.1 Å². The van der Waals surface area contributed by atoms with E-state index in [4.69, 9.17) is 9.47 Å². The van der Waals surface area contributed by atoms with Crippen molar-refractivity contribution < 1.29 is 33.8 Å². The molecule has 0 aromatic heterocycles. The van der Waals surface area contributed by atoms with Gasteiger partial charge in [0.1, 0.15) is 24.3 Å². The predicted molar refractivity (Wildman–Crippen MR) is 228 cm³/mol. The second-order valence-electron chi connectivity index (χ2n) is 15.8. The summed E-state index contributed by atoms with van der Waals surface area (Å²) in [5.74, 6) is -2.03. The van der Waals surface area contributed by atoms with E-state index in [-0.39, 0.29) is 37.7 Å². The van der Waals surface area contributed by atoms with Gasteiger partial charge < -0.3 is 25.2 Å². The Bertz CT molecular complexity index is 2050. The minimum Gasteiger partial charge on any atom is -0.480 e. The van der Waals surface area contributed by atoms with Crippen molar-refractivity contribution in [2.45, 2.75) is 82.0 Å². The molecule has 2 atom stereocenters. The fraction of sp³-hybridized carbons (Fsp3) is 0.306. The van der Waals surface area contributed by atoms with E-state index in [2.05, 4.69) is 16.0 Å². The Labute approximate surface area is 346 Å². The summed E-state index contributed by atoms with van der Waals surface area (Å²) in [5, 5.41) is 19.0. The molecular formula is C49H53N3O7. The molecule has 5 aromatic rings. The van der Waals surface area contributed by atoms with Crippen molar-refractivity contribution in [1.29, 1.82) is 0 Å². The Hall–Kier alpha value is -6.26. The average molecular weight is 796 g/mol. The highest BCUT2D eigenvalue weighted by molar-refractivity contribution is 5.82. The van der Waals surface area contributed by atoms with Crippen LogP contribution < -0.4 is 16.0 Å². The number of carboxylic acid groups (broad SMARTS) is 1. The second-order valence-corrected chi connectivity index (χ2v) is 15.8. The van der Waals surface area contributed by atoms with Crippen LogP contribution in [0.2, 0.25) is 0 Å². The molecule has 10 nitrogen and oxygen atoms in total. The fourth-order valence-corrected chi connectivity index (χ4v) is 7.80. The lowest BCUT2D eigenvalue weighted by molar-refractivity contribution is -0.158. The Morgan fingerprint density at radius 2 is 1.14 bits per heavy atom. The molecule has 4 N–H and O–H groups in total. The predicted octanol–water partition coefficient (Wildman–Crippen LogP) is 8.34. The SMILES string of the molecule is CC(C)(C)OC(=O)C(CCC(=O)NCCCCC(NC(=O)OCC1c2ccccc2-c2ccccc21)C(=O)O)NC(c1ccccc1)(c1ccccc1)c1ccccc1. The van der Waals surface area contributed by atoms with Crippen LogP contribution in [0.5, 0.6) is 0 Å². The highest BCUT2D eigenvalue weighted by atomic mass is 16.6. The number of unbranched alkanes of at least 4 members (excludes halogenated alkanes) is 1. The Balaban J connectivity index is 1.04. The van der Waals surface area contributed by atoms with Gasteiger partial charge >= 0.3 is 18.0 Å². The molecule has 59 heavy (non-hydrogen) atoms. The number of rotatable bonds is 18. The second kappa shape index (κ2) is 19.5. The molecule has 1 aliphatic rings. The van der Waals surface area contributed by atoms with Crippen molar-refractivity contribution in [2.75, 3.05) is 13.2 Å². The standard InChI is InChI=1S/C49H53N3O7/c1-48(2,3)59-46(56)43(52-49(34-19-7-4-8-20-34,35-21-9-5-10-22-35)36-23-11-6-12-24-36)30-31-44(53)50-32-18-17-29-42(45(54)55)51-47(57)58-33-41-39-27-15-13-25-37(39)38-26-14-16-28-40(38)41/h4-16,19-28,41-43,52H,17-18,29-33H2,1-3H3,(H,50,53)(H,51,57)(H,54,55). The van der Waals surface area contributed by atoms with E-state index in [1.807, 2.05) is 160 Å². The number of hydrogen-bond donors (Lipinski definition) is 4. The molecule has 0 bridgehead atoms. The van der Waals surface area contributed by atoms with Gasteiger partial charge in [0.15, 0.2) is 0 Å². The molecule has 0 heterocycles. The fourth-order valence-electron chi connectivity index (χ4n) is 7.80. The first-order valence-corrected chi connectivity index (χ1v) is 20.2. The number of benzene rings is 5. The molecule has 2 unspecified atom stereocenters. The number of carbonyl (C=O) groups is 4. The number of alkyl carbamates (subject to hydrolysis) is 1. The van der Waals surface area contributed by atoms with Gasteiger partial charge in [-0.2, -0.15) is 0 Å². The van der Waals surface area contributed by atoms with Crippen LogP contribution in [0.1, 0.15) is 86.6 Å². The van der Waals surface area contributed by atoms with E-state index in [9.17, 15) is 24.3 Å². The molecule has 306 valence electrons. The first-order chi connectivity index (χ1) is 28.5. The number of amides is 2. The minimum atomic E-state index is -1.17. The van der Waals surface area contributed by atoms with Crippen LogP contribution in [0.15, 0.2) is 140 Å². The van der Waals surface area contributed by atoms with Gasteiger partial charge in [-0.3, -0.25) is 14.9 Å². The van der Waals surface area contributed by atoms with Gasteiger partial charge in [0.25, 0.3) is 0 Å². The summed E-state index contributed by atoms with van der Waals surface area (Å²) in [6.45, 7) is 5.82. The summed E-state index contributed by atoms with van der Waals surface area (Å²) in [6, 6.07) is 43.7. The van der Waals surface area contributed by atoms with Crippen molar-refractivity contribution in [3.05, 3.63) is 167 Å². The smallest absolute Gasteiger partial charge is 0.407 e. The number of ether oxygens (including phenoxy) is 2. The first kappa shape index (κ1) is 42.3. The summed E-state index contributed by atoms with van der Waals surface area (Å²) in [6.07, 6.45) is 0.454. The molecule has 1 aliphatic carbocycles. The first-order valence-electron chi connectivity index (χ1n) is 20.2. The number of carbonyl (C=O) groups excluding carboxylic acids is 3. The lowest BCUT2D eigenvalue weighted by Gasteiger charge is -2.40. The number of carboxylic acids is 1. The van der Waals surface area contributed by atoms with Crippen molar-refractivity contribution in [3.63, 3.8) is 0 Å². The molecule has 10 heteroatoms. The minimum absolute atomic E-state index is 0.0342. The molecule has 6 rings (SSSR count). The van der Waals surface area contributed by atoms with Gasteiger partial charge in [0.2, 0.25) is 5.91 Å². The molecule has 0 saturated heterocycles. The van der Waals surface area contributed by atoms with E-state index >= 15 is 0 Å². The monoisotopic (exact) mass is 795 g/mol. The molecule has 0 saturated carbocycles. The maximum Gasteiger partial charge on any atom is 0.407 e. The van der Waals surface area contributed by atoms with Crippen LogP contribution in [0.3, 0.4) is 0 Å². The van der Waals surface area contributed by atoms with Gasteiger partial charge in [-0.1, -0.05) is 140 Å². The van der Waals surface area contributed by atoms with E-state index in [1.54, 1.807) is 0 Å². The molecular weight excluding hydrogens is 743 g/mol. The highest BCUT2D eigenvalue weighted by Crippen LogP contribution is 2.44. The number of aliphatic carboxylic acids is 1. The van der Waals surface area contributed by atoms with Crippen LogP contribution in [-0.4, -0.2) is 59.9 Å². The molecule has 0 aliphatic heterocycles. The normalized spacial score (nSPS) is 13.3. The van der Waals surface area contributed by atoms with Crippen LogP contribution >= 0.6 is 0 Å². The van der Waals surface area contributed by atoms with Crippen molar-refractivity contribution in [1.82, 2.24) is 16.0 Å². The third-order valence-corrected chi connectivity index (χ3v) is 10.5. The summed E-state index contributed by atoms with van der Waals surface area (Å²) in [5.41, 5.74) is 5.36. The number of hydrogen-bond acceptors (Lipinski definition) is 7. The average Bonchev–Trinajstić information content (AvgIpc) is 3.56. The molecule has 0 radical (unpaired) electrons. The molecule has 0 spiro atoms. The Morgan fingerprint density at radius 3 is 1.63 bits per heavy atom. The summed E-state index contributed by atoms with van der Waals surface area (Å²) < 4.78 is 11.5. The van der Waals surface area contributed by atoms with E-state index in [0.717, 1.165) is 38.9 Å². The van der Waals surface area contributed by atoms with Gasteiger partial charge in [-0.05, 0) is 85.4 Å². The maximum atomic E-state index is 13.9. The molecule has 5 aromatic carbocycles. The zero-order chi connectivity index (χ0) is 41.8. The Morgan fingerprint density at radius 1 is 0.644 bits per heavy atom. The van der Waals surface area contributed by atoms with Crippen molar-refractivity contribution in [3.8, 4) is 11.1 Å². The van der Waals surface area contributed by atoms with Gasteiger partial charge in [-0.25, -0.2) is 9.59 Å². The van der Waals surface area contributed by atoms with Crippen molar-refractivity contribution >= 4 is 23.9 Å². The van der Waals surface area contributed by atoms with Crippen LogP contribution in [0.4, 0.5) is 4.79 Å². The lowest BCUT2D eigenvalue weighted by atomic mass is 9.76. The van der Waals surface area contributed by atoms with Gasteiger partial charge in [0.05, 0.1) is 5.54 Å². The third kappa shape index (κ3) is 10.6. The lowest BCUT2D eigenvalue weighted by Crippen LogP contribution is -2.54. The number of nitrogens with one attached hydrogen (secondary N) is 3. The molecule has 0 fully saturated rings. The Kier molecular flexibility index (Phi) is 14.0. The van der Waals surface area contributed by atoms with E-state index in [0.29, 0.717) is 19.4 Å². The molecule has 2 amide bonds. The maximum absolute atomic E-state index is 13.9. The quantitative estimate of drug-likeness (QED) is 0.0394. The van der Waals surface area contributed by atoms with Crippen LogP contribution in [-0.2, 0) is 29.4 Å². The zero-order valence-electron chi connectivity index (χ0n) is 33.9.